The van der Waals surface area contributed by atoms with Crippen LogP contribution < -0.4 is 0 Å². The summed E-state index contributed by atoms with van der Waals surface area (Å²) in [6.07, 6.45) is 2.94. The summed E-state index contributed by atoms with van der Waals surface area (Å²) < 4.78 is 0. The standard InChI is InChI=1S/C10H8N2O2.C7H8/c1-7-8(2)10(12-6-14)4-3-9(7)11-5-13;1-7-5-3-2-4-6-7/h3-4H,1-2H3;2-6H,1H3. The summed E-state index contributed by atoms with van der Waals surface area (Å²) in [5, 5.41) is 0. The minimum absolute atomic E-state index is 0.544. The predicted molar refractivity (Wildman–Crippen MR) is 82.7 cm³/mol. The van der Waals surface area contributed by atoms with Gasteiger partial charge in [0, 0.05) is 0 Å². The van der Waals surface area contributed by atoms with Crippen LogP contribution in [0.1, 0.15) is 16.7 Å². The van der Waals surface area contributed by atoms with Crippen molar-refractivity contribution in [2.24, 2.45) is 9.98 Å². The van der Waals surface area contributed by atoms with Crippen LogP contribution >= 0.6 is 0 Å². The zero-order valence-corrected chi connectivity index (χ0v) is 12.3. The molecular weight excluding hydrogens is 264 g/mol. The highest BCUT2D eigenvalue weighted by atomic mass is 16.1. The van der Waals surface area contributed by atoms with Gasteiger partial charge in [-0.25, -0.2) is 9.59 Å². The van der Waals surface area contributed by atoms with Crippen LogP contribution in [0.5, 0.6) is 0 Å². The van der Waals surface area contributed by atoms with E-state index < -0.39 is 0 Å². The highest BCUT2D eigenvalue weighted by Crippen LogP contribution is 2.28. The summed E-state index contributed by atoms with van der Waals surface area (Å²) in [6.45, 7) is 5.69. The van der Waals surface area contributed by atoms with E-state index in [0.717, 1.165) is 11.1 Å². The van der Waals surface area contributed by atoms with Crippen molar-refractivity contribution in [2.75, 3.05) is 0 Å². The molecule has 0 aromatic heterocycles. The van der Waals surface area contributed by atoms with E-state index in [9.17, 15) is 9.59 Å². The number of isocyanates is 2. The van der Waals surface area contributed by atoms with Gasteiger partial charge >= 0.3 is 0 Å². The smallest absolute Gasteiger partial charge is 0.211 e. The minimum Gasteiger partial charge on any atom is -0.211 e. The number of aryl methyl sites for hydroxylation is 1. The number of carbonyl (C=O) groups excluding carboxylic acids is 2. The van der Waals surface area contributed by atoms with Gasteiger partial charge in [-0.1, -0.05) is 35.9 Å². The molecule has 0 aliphatic carbocycles. The molecule has 2 aromatic carbocycles. The number of hydrogen-bond acceptors (Lipinski definition) is 4. The highest BCUT2D eigenvalue weighted by Gasteiger charge is 2.04. The molecule has 4 heteroatoms. The zero-order valence-electron chi connectivity index (χ0n) is 12.3. The number of nitrogens with zero attached hydrogens (tertiary/aromatic N) is 2. The molecule has 0 spiro atoms. The molecular formula is C17H16N2O2. The van der Waals surface area contributed by atoms with Crippen LogP contribution in [0.25, 0.3) is 0 Å². The van der Waals surface area contributed by atoms with Crippen LogP contribution in [0, 0.1) is 20.8 Å². The molecule has 0 atom stereocenters. The minimum atomic E-state index is 0.544. The van der Waals surface area contributed by atoms with Gasteiger partial charge in [-0.2, -0.15) is 9.98 Å². The summed E-state index contributed by atoms with van der Waals surface area (Å²) in [7, 11) is 0. The van der Waals surface area contributed by atoms with Crippen molar-refractivity contribution >= 4 is 23.5 Å². The maximum atomic E-state index is 10.1. The van der Waals surface area contributed by atoms with Crippen LogP contribution in [-0.4, -0.2) is 12.2 Å². The number of aliphatic imine (C=N–C) groups is 2. The van der Waals surface area contributed by atoms with Crippen molar-refractivity contribution in [1.29, 1.82) is 0 Å². The third kappa shape index (κ3) is 5.00. The summed E-state index contributed by atoms with van der Waals surface area (Å²) in [4.78, 5) is 27.2. The molecule has 0 aliphatic rings. The fourth-order valence-electron chi connectivity index (χ4n) is 1.67. The fraction of sp³-hybridized carbons (Fsp3) is 0.176. The van der Waals surface area contributed by atoms with Crippen LogP contribution in [0.15, 0.2) is 52.4 Å². The lowest BCUT2D eigenvalue weighted by molar-refractivity contribution is 0.564. The maximum absolute atomic E-state index is 10.1. The molecule has 0 radical (unpaired) electrons. The van der Waals surface area contributed by atoms with Gasteiger partial charge in [-0.05, 0) is 44.0 Å². The van der Waals surface area contributed by atoms with Gasteiger partial charge in [0.2, 0.25) is 12.2 Å². The third-order valence-corrected chi connectivity index (χ3v) is 3.00. The maximum Gasteiger partial charge on any atom is 0.240 e. The molecule has 0 amide bonds. The van der Waals surface area contributed by atoms with Gasteiger partial charge in [0.05, 0.1) is 11.4 Å². The second kappa shape index (κ2) is 8.39. The van der Waals surface area contributed by atoms with Gasteiger partial charge in [0.25, 0.3) is 0 Å². The second-order valence-electron chi connectivity index (χ2n) is 4.41. The number of hydrogen-bond donors (Lipinski definition) is 0. The molecule has 2 aromatic rings. The summed E-state index contributed by atoms with van der Waals surface area (Å²) in [6, 6.07) is 13.5. The Morgan fingerprint density at radius 1 is 0.714 bits per heavy atom. The Hall–Kier alpha value is -2.80. The summed E-state index contributed by atoms with van der Waals surface area (Å²) in [5.41, 5.74) is 4.03. The Morgan fingerprint density at radius 3 is 1.43 bits per heavy atom. The molecule has 0 saturated carbocycles. The van der Waals surface area contributed by atoms with E-state index in [1.54, 1.807) is 26.0 Å². The van der Waals surface area contributed by atoms with Crippen molar-refractivity contribution in [1.82, 2.24) is 0 Å². The zero-order chi connectivity index (χ0) is 15.7. The molecule has 0 aliphatic heterocycles. The molecule has 0 heterocycles. The lowest BCUT2D eigenvalue weighted by Gasteiger charge is -2.04. The molecule has 4 nitrogen and oxygen atoms in total. The van der Waals surface area contributed by atoms with Crippen LogP contribution in [0.2, 0.25) is 0 Å². The average Bonchev–Trinajstić information content (AvgIpc) is 2.49. The van der Waals surface area contributed by atoms with E-state index in [1.165, 1.54) is 17.7 Å². The van der Waals surface area contributed by atoms with Crippen molar-refractivity contribution in [3.8, 4) is 0 Å². The Bertz CT molecular complexity index is 653. The number of benzene rings is 2. The van der Waals surface area contributed by atoms with Gasteiger partial charge in [-0.3, -0.25) is 0 Å². The van der Waals surface area contributed by atoms with E-state index in [1.807, 2.05) is 18.2 Å². The first-order valence-corrected chi connectivity index (χ1v) is 6.37. The largest absolute Gasteiger partial charge is 0.240 e. The quantitative estimate of drug-likeness (QED) is 0.610. The van der Waals surface area contributed by atoms with E-state index in [0.29, 0.717) is 11.4 Å². The third-order valence-electron chi connectivity index (χ3n) is 3.00. The van der Waals surface area contributed by atoms with Crippen LogP contribution in [0.4, 0.5) is 11.4 Å². The topological polar surface area (TPSA) is 58.9 Å². The van der Waals surface area contributed by atoms with Gasteiger partial charge in [0.1, 0.15) is 0 Å². The lowest BCUT2D eigenvalue weighted by Crippen LogP contribution is -1.82. The second-order valence-corrected chi connectivity index (χ2v) is 4.41. The molecule has 2 rings (SSSR count). The van der Waals surface area contributed by atoms with E-state index in [-0.39, 0.29) is 0 Å². The van der Waals surface area contributed by atoms with Crippen molar-refractivity contribution in [3.05, 3.63) is 59.2 Å². The predicted octanol–water partition coefficient (Wildman–Crippen LogP) is 4.23. The Labute approximate surface area is 123 Å². The monoisotopic (exact) mass is 280 g/mol. The molecule has 0 saturated heterocycles. The van der Waals surface area contributed by atoms with Gasteiger partial charge in [0.15, 0.2) is 0 Å². The molecule has 0 bridgehead atoms. The highest BCUT2D eigenvalue weighted by molar-refractivity contribution is 5.64. The fourth-order valence-corrected chi connectivity index (χ4v) is 1.67. The van der Waals surface area contributed by atoms with Crippen molar-refractivity contribution < 1.29 is 9.59 Å². The Morgan fingerprint density at radius 2 is 1.14 bits per heavy atom. The Balaban J connectivity index is 0.000000262. The molecule has 0 fully saturated rings. The molecule has 0 N–H and O–H groups in total. The molecule has 21 heavy (non-hydrogen) atoms. The molecule has 0 unspecified atom stereocenters. The summed E-state index contributed by atoms with van der Waals surface area (Å²) >= 11 is 0. The van der Waals surface area contributed by atoms with E-state index >= 15 is 0 Å². The summed E-state index contributed by atoms with van der Waals surface area (Å²) in [5.74, 6) is 0. The van der Waals surface area contributed by atoms with Crippen molar-refractivity contribution in [2.45, 2.75) is 20.8 Å². The molecule has 106 valence electrons. The van der Waals surface area contributed by atoms with E-state index in [4.69, 9.17) is 0 Å². The lowest BCUT2D eigenvalue weighted by atomic mass is 10.1. The van der Waals surface area contributed by atoms with Crippen molar-refractivity contribution in [3.63, 3.8) is 0 Å². The van der Waals surface area contributed by atoms with E-state index in [2.05, 4.69) is 29.0 Å². The van der Waals surface area contributed by atoms with Gasteiger partial charge < -0.3 is 0 Å². The first-order valence-electron chi connectivity index (χ1n) is 6.37. The SMILES string of the molecule is Cc1c(N=C=O)ccc(N=C=O)c1C.Cc1ccccc1. The van der Waals surface area contributed by atoms with Gasteiger partial charge in [-0.15, -0.1) is 0 Å². The van der Waals surface area contributed by atoms with Crippen LogP contribution in [-0.2, 0) is 9.59 Å². The average molecular weight is 280 g/mol. The normalized spacial score (nSPS) is 8.71. The Kier molecular flexibility index (Phi) is 6.49. The first-order chi connectivity index (χ1) is 10.1. The first kappa shape index (κ1) is 16.3. The van der Waals surface area contributed by atoms with Crippen LogP contribution in [0.3, 0.4) is 0 Å². The number of rotatable bonds is 2.